The monoisotopic (exact) mass is 289 g/mol. The van der Waals surface area contributed by atoms with Gasteiger partial charge in [-0.05, 0) is 38.5 Å². The predicted octanol–water partition coefficient (Wildman–Crippen LogP) is 2.27. The molecule has 20 heavy (non-hydrogen) atoms. The fraction of sp³-hybridized carbons (Fsp3) is 0.538. The molecule has 0 bridgehead atoms. The normalized spacial score (nSPS) is 17.8. The largest absolute Gasteiger partial charge is 0.297 e. The molecular weight excluding hydrogens is 274 g/mol. The number of rotatable bonds is 3. The van der Waals surface area contributed by atoms with Gasteiger partial charge in [0, 0.05) is 10.8 Å². The van der Waals surface area contributed by atoms with Gasteiger partial charge in [0.2, 0.25) is 5.82 Å². The first-order valence-electron chi connectivity index (χ1n) is 7.02. The molecule has 4 rings (SSSR count). The van der Waals surface area contributed by atoms with Gasteiger partial charge in [0.15, 0.2) is 5.13 Å². The Balaban J connectivity index is 1.49. The Bertz CT molecular complexity index is 634. The molecule has 0 unspecified atom stereocenters. The Morgan fingerprint density at radius 2 is 2.10 bits per heavy atom. The van der Waals surface area contributed by atoms with Crippen LogP contribution in [0.5, 0.6) is 0 Å². The molecule has 0 spiro atoms. The summed E-state index contributed by atoms with van der Waals surface area (Å²) in [5.41, 5.74) is 1.14. The number of H-pyrrole nitrogens is 1. The Morgan fingerprint density at radius 1 is 1.25 bits per heavy atom. The molecule has 2 heterocycles. The van der Waals surface area contributed by atoms with Gasteiger partial charge in [-0.3, -0.25) is 15.2 Å². The van der Waals surface area contributed by atoms with Crippen LogP contribution in [0.2, 0.25) is 0 Å². The quantitative estimate of drug-likeness (QED) is 0.908. The first kappa shape index (κ1) is 12.0. The Labute approximate surface area is 120 Å². The first-order valence-corrected chi connectivity index (χ1v) is 7.83. The highest BCUT2D eigenvalue weighted by Gasteiger charge is 2.28. The third kappa shape index (κ3) is 2.22. The summed E-state index contributed by atoms with van der Waals surface area (Å²) in [4.78, 5) is 22.1. The zero-order valence-electron chi connectivity index (χ0n) is 11.0. The molecule has 0 aliphatic heterocycles. The van der Waals surface area contributed by atoms with Crippen LogP contribution < -0.4 is 5.32 Å². The van der Waals surface area contributed by atoms with Gasteiger partial charge in [0.25, 0.3) is 5.91 Å². The number of amides is 1. The summed E-state index contributed by atoms with van der Waals surface area (Å²) >= 11 is 1.57. The average molecular weight is 289 g/mol. The van der Waals surface area contributed by atoms with Crippen LogP contribution in [-0.4, -0.2) is 26.1 Å². The lowest BCUT2D eigenvalue weighted by molar-refractivity contribution is 0.101. The Hall–Kier alpha value is -1.76. The first-order chi connectivity index (χ1) is 9.79. The third-order valence-electron chi connectivity index (χ3n) is 3.74. The van der Waals surface area contributed by atoms with E-state index in [1.54, 1.807) is 11.3 Å². The highest BCUT2D eigenvalue weighted by atomic mass is 32.1. The lowest BCUT2D eigenvalue weighted by Crippen LogP contribution is -2.13. The summed E-state index contributed by atoms with van der Waals surface area (Å²) in [6, 6.07) is 0. The molecule has 2 aliphatic rings. The number of aromatic nitrogens is 4. The summed E-state index contributed by atoms with van der Waals surface area (Å²) < 4.78 is 0. The summed E-state index contributed by atoms with van der Waals surface area (Å²) in [5, 5.41) is 10.3. The van der Waals surface area contributed by atoms with Gasteiger partial charge in [0.05, 0.1) is 5.69 Å². The molecule has 1 fully saturated rings. The van der Waals surface area contributed by atoms with Crippen molar-refractivity contribution in [3.05, 3.63) is 22.2 Å². The number of hydrogen-bond donors (Lipinski definition) is 2. The zero-order valence-corrected chi connectivity index (χ0v) is 11.8. The van der Waals surface area contributed by atoms with Crippen molar-refractivity contribution < 1.29 is 4.79 Å². The predicted molar refractivity (Wildman–Crippen MR) is 75.1 cm³/mol. The van der Waals surface area contributed by atoms with Crippen LogP contribution in [0.25, 0.3) is 0 Å². The van der Waals surface area contributed by atoms with Crippen LogP contribution in [0.4, 0.5) is 5.13 Å². The maximum absolute atomic E-state index is 12.1. The number of thiazole rings is 1. The van der Waals surface area contributed by atoms with Crippen LogP contribution in [0.1, 0.15) is 58.6 Å². The van der Waals surface area contributed by atoms with Crippen LogP contribution in [0, 0.1) is 0 Å². The fourth-order valence-electron chi connectivity index (χ4n) is 2.47. The van der Waals surface area contributed by atoms with Crippen molar-refractivity contribution >= 4 is 22.4 Å². The van der Waals surface area contributed by atoms with Crippen molar-refractivity contribution in [1.82, 2.24) is 20.2 Å². The molecule has 0 atom stereocenters. The van der Waals surface area contributed by atoms with Crippen LogP contribution in [0.15, 0.2) is 0 Å². The van der Waals surface area contributed by atoms with E-state index in [9.17, 15) is 4.79 Å². The van der Waals surface area contributed by atoms with Crippen LogP contribution in [0.3, 0.4) is 0 Å². The van der Waals surface area contributed by atoms with Crippen molar-refractivity contribution in [3.63, 3.8) is 0 Å². The lowest BCUT2D eigenvalue weighted by atomic mass is 10.0. The number of anilines is 1. The fourth-order valence-corrected chi connectivity index (χ4v) is 3.52. The van der Waals surface area contributed by atoms with Gasteiger partial charge in [0.1, 0.15) is 5.82 Å². The second-order valence-corrected chi connectivity index (χ2v) is 6.45. The molecule has 2 aromatic rings. The van der Waals surface area contributed by atoms with Crippen LogP contribution in [-0.2, 0) is 12.8 Å². The maximum atomic E-state index is 12.1. The molecule has 2 aromatic heterocycles. The number of nitrogens with zero attached hydrogens (tertiary/aromatic N) is 3. The van der Waals surface area contributed by atoms with Crippen molar-refractivity contribution in [2.24, 2.45) is 0 Å². The highest BCUT2D eigenvalue weighted by Crippen LogP contribution is 2.37. The zero-order chi connectivity index (χ0) is 13.5. The van der Waals surface area contributed by atoms with Gasteiger partial charge >= 0.3 is 0 Å². The van der Waals surface area contributed by atoms with Crippen molar-refractivity contribution in [2.45, 2.75) is 44.4 Å². The average Bonchev–Trinajstić information content (AvgIpc) is 3.03. The van der Waals surface area contributed by atoms with E-state index in [1.807, 2.05) is 0 Å². The number of nitrogens with one attached hydrogen (secondary N) is 2. The minimum absolute atomic E-state index is 0.208. The third-order valence-corrected chi connectivity index (χ3v) is 4.81. The summed E-state index contributed by atoms with van der Waals surface area (Å²) in [7, 11) is 0. The van der Waals surface area contributed by atoms with E-state index in [0.717, 1.165) is 37.2 Å². The molecule has 2 aliphatic carbocycles. The number of carbonyl (C=O) groups is 1. The smallest absolute Gasteiger partial charge is 0.295 e. The molecule has 0 aromatic carbocycles. The van der Waals surface area contributed by atoms with Crippen molar-refractivity contribution in [3.8, 4) is 0 Å². The van der Waals surface area contributed by atoms with Crippen LogP contribution >= 0.6 is 11.3 Å². The Morgan fingerprint density at radius 3 is 2.90 bits per heavy atom. The van der Waals surface area contributed by atoms with Crippen molar-refractivity contribution in [2.75, 3.05) is 5.32 Å². The summed E-state index contributed by atoms with van der Waals surface area (Å²) in [6.07, 6.45) is 6.78. The van der Waals surface area contributed by atoms with Gasteiger partial charge in [-0.25, -0.2) is 9.97 Å². The number of hydrogen-bond acceptors (Lipinski definition) is 5. The molecule has 6 nitrogen and oxygen atoms in total. The van der Waals surface area contributed by atoms with Crippen molar-refractivity contribution in [1.29, 1.82) is 0 Å². The molecule has 1 amide bonds. The minimum Gasteiger partial charge on any atom is -0.295 e. The number of carbonyl (C=O) groups excluding carboxylic acids is 1. The molecule has 7 heteroatoms. The van der Waals surface area contributed by atoms with E-state index >= 15 is 0 Å². The molecule has 0 saturated heterocycles. The molecular formula is C13H15N5OS. The van der Waals surface area contributed by atoms with Gasteiger partial charge < -0.3 is 0 Å². The summed E-state index contributed by atoms with van der Waals surface area (Å²) in [6.45, 7) is 0. The molecule has 2 N–H and O–H groups in total. The van der Waals surface area contributed by atoms with Gasteiger partial charge in [-0.2, -0.15) is 0 Å². The number of aromatic amines is 1. The van der Waals surface area contributed by atoms with E-state index < -0.39 is 0 Å². The van der Waals surface area contributed by atoms with E-state index in [-0.39, 0.29) is 11.7 Å². The second kappa shape index (κ2) is 4.66. The second-order valence-electron chi connectivity index (χ2n) is 5.37. The van der Waals surface area contributed by atoms with E-state index in [4.69, 9.17) is 0 Å². The maximum Gasteiger partial charge on any atom is 0.297 e. The molecule has 1 saturated carbocycles. The lowest BCUT2D eigenvalue weighted by Gasteiger charge is -2.06. The summed E-state index contributed by atoms with van der Waals surface area (Å²) in [5.74, 6) is 1.23. The van der Waals surface area contributed by atoms with E-state index in [2.05, 4.69) is 25.5 Å². The Kier molecular flexibility index (Phi) is 2.80. The van der Waals surface area contributed by atoms with Gasteiger partial charge in [-0.15, -0.1) is 16.4 Å². The molecule has 104 valence electrons. The highest BCUT2D eigenvalue weighted by molar-refractivity contribution is 7.15. The topological polar surface area (TPSA) is 83.6 Å². The van der Waals surface area contributed by atoms with E-state index in [0.29, 0.717) is 11.0 Å². The minimum atomic E-state index is -0.278. The SMILES string of the molecule is O=C(Nc1nc2c(s1)CCCC2)c1n[nH]c(C2CC2)n1. The number of fused-ring (bicyclic) bond motifs is 1. The van der Waals surface area contributed by atoms with E-state index in [1.165, 1.54) is 17.7 Å². The standard InChI is InChI=1S/C13H15N5OS/c19-12(11-15-10(17-18-11)7-5-6-7)16-13-14-8-3-1-2-4-9(8)20-13/h7H,1-6H2,(H,14,16,19)(H,15,17,18). The van der Waals surface area contributed by atoms with Gasteiger partial charge in [-0.1, -0.05) is 0 Å². The number of aryl methyl sites for hydroxylation is 2. The molecule has 0 radical (unpaired) electrons.